The maximum Gasteiger partial charge on any atom is 0.324 e. The van der Waals surface area contributed by atoms with Crippen molar-refractivity contribution in [3.63, 3.8) is 0 Å². The fourth-order valence-electron chi connectivity index (χ4n) is 0.684. The van der Waals surface area contributed by atoms with Crippen LogP contribution in [0, 0.1) is 28.9 Å². The van der Waals surface area contributed by atoms with Crippen molar-refractivity contribution in [1.29, 1.82) is 0 Å². The molecule has 1 aromatic heterocycles. The van der Waals surface area contributed by atoms with Crippen molar-refractivity contribution in [2.45, 2.75) is 6.92 Å². The van der Waals surface area contributed by atoms with Crippen molar-refractivity contribution in [3.05, 3.63) is 33.6 Å². The zero-order valence-corrected chi connectivity index (χ0v) is 6.04. The highest BCUT2D eigenvalue weighted by Crippen LogP contribution is 2.17. The Morgan fingerprint density at radius 2 is 2.08 bits per heavy atom. The van der Waals surface area contributed by atoms with Gasteiger partial charge in [-0.1, -0.05) is 0 Å². The minimum atomic E-state index is -1.40. The van der Waals surface area contributed by atoms with Crippen LogP contribution in [0.4, 0.5) is 14.5 Å². The molecule has 0 amide bonds. The van der Waals surface area contributed by atoms with E-state index in [1.165, 1.54) is 6.92 Å². The van der Waals surface area contributed by atoms with Gasteiger partial charge in [0.05, 0.1) is 4.92 Å². The van der Waals surface area contributed by atoms with E-state index in [1.807, 2.05) is 0 Å². The number of nitrogens with zero attached hydrogens (tertiary/aromatic N) is 2. The summed E-state index contributed by atoms with van der Waals surface area (Å²) in [6.07, 6.45) is 0. The van der Waals surface area contributed by atoms with Crippen molar-refractivity contribution in [2.75, 3.05) is 0 Å². The molecule has 0 unspecified atom stereocenters. The fourth-order valence-corrected chi connectivity index (χ4v) is 0.684. The number of aromatic nitrogens is 1. The Balaban J connectivity index is 3.33. The molecule has 0 bridgehead atoms. The molecule has 0 atom stereocenters. The molecular weight excluding hydrogens is 170 g/mol. The topological polar surface area (TPSA) is 56.0 Å². The third kappa shape index (κ3) is 1.36. The van der Waals surface area contributed by atoms with Crippen LogP contribution in [0.1, 0.15) is 5.56 Å². The molecule has 6 heteroatoms. The second-order valence-electron chi connectivity index (χ2n) is 2.16. The number of pyridine rings is 1. The standard InChI is InChI=1S/C6H4F2N2O2/c1-3-2-4(10(11)12)6(8)9-5(3)7/h2H,1H3. The molecule has 0 aliphatic rings. The minimum absolute atomic E-state index is 0.0527. The van der Waals surface area contributed by atoms with Crippen LogP contribution in [0.25, 0.3) is 0 Å². The van der Waals surface area contributed by atoms with Crippen molar-refractivity contribution >= 4 is 5.69 Å². The van der Waals surface area contributed by atoms with Gasteiger partial charge >= 0.3 is 5.69 Å². The van der Waals surface area contributed by atoms with Crippen LogP contribution in [-0.4, -0.2) is 9.91 Å². The summed E-state index contributed by atoms with van der Waals surface area (Å²) in [4.78, 5) is 11.9. The van der Waals surface area contributed by atoms with Gasteiger partial charge in [0.2, 0.25) is 5.95 Å². The molecule has 0 aliphatic carbocycles. The molecule has 0 saturated carbocycles. The first-order chi connectivity index (χ1) is 5.52. The number of hydrogen-bond acceptors (Lipinski definition) is 3. The number of rotatable bonds is 1. The molecule has 4 nitrogen and oxygen atoms in total. The van der Waals surface area contributed by atoms with E-state index in [0.29, 0.717) is 0 Å². The second-order valence-corrected chi connectivity index (χ2v) is 2.16. The molecule has 64 valence electrons. The molecule has 0 aliphatic heterocycles. The summed E-state index contributed by atoms with van der Waals surface area (Å²) in [5.41, 5.74) is -0.864. The Hall–Kier alpha value is -1.59. The highest BCUT2D eigenvalue weighted by molar-refractivity contribution is 5.31. The Labute approximate surface area is 66.0 Å². The Kier molecular flexibility index (Phi) is 1.99. The van der Waals surface area contributed by atoms with Gasteiger partial charge in [0.15, 0.2) is 0 Å². The Morgan fingerprint density at radius 3 is 2.58 bits per heavy atom. The smallest absolute Gasteiger partial charge is 0.258 e. The van der Waals surface area contributed by atoms with Crippen molar-refractivity contribution in [2.24, 2.45) is 0 Å². The largest absolute Gasteiger partial charge is 0.324 e. The highest BCUT2D eigenvalue weighted by atomic mass is 19.1. The van der Waals surface area contributed by atoms with Gasteiger partial charge in [-0.25, -0.2) is 0 Å². The SMILES string of the molecule is Cc1cc([N+](=O)[O-])c(F)nc1F. The van der Waals surface area contributed by atoms with E-state index in [-0.39, 0.29) is 5.56 Å². The van der Waals surface area contributed by atoms with Crippen LogP contribution in [-0.2, 0) is 0 Å². The van der Waals surface area contributed by atoms with Crippen LogP contribution < -0.4 is 0 Å². The van der Waals surface area contributed by atoms with Crippen molar-refractivity contribution in [1.82, 2.24) is 4.98 Å². The van der Waals surface area contributed by atoms with Gasteiger partial charge in [0.25, 0.3) is 5.95 Å². The summed E-state index contributed by atoms with van der Waals surface area (Å²) in [5, 5.41) is 10.1. The van der Waals surface area contributed by atoms with Crippen molar-refractivity contribution in [3.8, 4) is 0 Å². The maximum atomic E-state index is 12.5. The van der Waals surface area contributed by atoms with Crippen LogP contribution in [0.15, 0.2) is 6.07 Å². The second kappa shape index (κ2) is 2.80. The van der Waals surface area contributed by atoms with Gasteiger partial charge in [-0.2, -0.15) is 13.8 Å². The molecule has 0 spiro atoms. The number of hydrogen-bond donors (Lipinski definition) is 0. The maximum absolute atomic E-state index is 12.5. The molecule has 1 rings (SSSR count). The zero-order valence-electron chi connectivity index (χ0n) is 6.04. The fraction of sp³-hybridized carbons (Fsp3) is 0.167. The van der Waals surface area contributed by atoms with Crippen molar-refractivity contribution < 1.29 is 13.7 Å². The quantitative estimate of drug-likeness (QED) is 0.369. The van der Waals surface area contributed by atoms with Crippen LogP contribution >= 0.6 is 0 Å². The van der Waals surface area contributed by atoms with E-state index in [1.54, 1.807) is 0 Å². The van der Waals surface area contributed by atoms with E-state index in [0.717, 1.165) is 6.07 Å². The molecule has 12 heavy (non-hydrogen) atoms. The summed E-state index contributed by atoms with van der Waals surface area (Å²) in [6.45, 7) is 1.27. The third-order valence-corrected chi connectivity index (χ3v) is 1.28. The lowest BCUT2D eigenvalue weighted by Crippen LogP contribution is -1.99. The van der Waals surface area contributed by atoms with E-state index >= 15 is 0 Å². The highest BCUT2D eigenvalue weighted by Gasteiger charge is 2.17. The molecule has 0 N–H and O–H groups in total. The first-order valence-electron chi connectivity index (χ1n) is 2.99. The first-order valence-corrected chi connectivity index (χ1v) is 2.99. The molecule has 1 aromatic rings. The zero-order chi connectivity index (χ0) is 9.30. The number of aryl methyl sites for hydroxylation is 1. The number of nitro groups is 1. The molecular formula is C6H4F2N2O2. The molecule has 1 heterocycles. The lowest BCUT2D eigenvalue weighted by molar-refractivity contribution is -0.388. The van der Waals surface area contributed by atoms with E-state index in [2.05, 4.69) is 4.98 Å². The first kappa shape index (κ1) is 8.51. The predicted octanol–water partition coefficient (Wildman–Crippen LogP) is 1.58. The summed E-state index contributed by atoms with van der Waals surface area (Å²) in [6, 6.07) is 0.803. The monoisotopic (exact) mass is 174 g/mol. The van der Waals surface area contributed by atoms with Crippen LogP contribution in [0.5, 0.6) is 0 Å². The molecule has 0 aromatic carbocycles. The average Bonchev–Trinajstić information content (AvgIpc) is 1.96. The lowest BCUT2D eigenvalue weighted by atomic mass is 10.3. The Bertz CT molecular complexity index is 341. The summed E-state index contributed by atoms with van der Waals surface area (Å²) in [7, 11) is 0. The molecule has 0 saturated heterocycles. The van der Waals surface area contributed by atoms with Gasteiger partial charge < -0.3 is 0 Å². The number of halogens is 2. The summed E-state index contributed by atoms with van der Waals surface area (Å²) < 4.78 is 24.9. The van der Waals surface area contributed by atoms with Gasteiger partial charge in [-0.15, -0.1) is 0 Å². The van der Waals surface area contributed by atoms with E-state index in [9.17, 15) is 18.9 Å². The Morgan fingerprint density at radius 1 is 1.50 bits per heavy atom. The summed E-state index contributed by atoms with van der Waals surface area (Å²) in [5.74, 6) is -2.43. The lowest BCUT2D eigenvalue weighted by Gasteiger charge is -1.95. The normalized spacial score (nSPS) is 9.92. The third-order valence-electron chi connectivity index (χ3n) is 1.28. The van der Waals surface area contributed by atoms with Gasteiger partial charge in [-0.05, 0) is 6.92 Å². The van der Waals surface area contributed by atoms with Gasteiger partial charge in [0, 0.05) is 11.6 Å². The molecule has 0 fully saturated rings. The van der Waals surface area contributed by atoms with E-state index < -0.39 is 22.5 Å². The van der Waals surface area contributed by atoms with Crippen LogP contribution in [0.2, 0.25) is 0 Å². The predicted molar refractivity (Wildman–Crippen MR) is 35.5 cm³/mol. The average molecular weight is 174 g/mol. The summed E-state index contributed by atoms with van der Waals surface area (Å²) >= 11 is 0. The van der Waals surface area contributed by atoms with Gasteiger partial charge in [-0.3, -0.25) is 10.1 Å². The van der Waals surface area contributed by atoms with Gasteiger partial charge in [0.1, 0.15) is 0 Å². The van der Waals surface area contributed by atoms with Crippen LogP contribution in [0.3, 0.4) is 0 Å². The van der Waals surface area contributed by atoms with E-state index in [4.69, 9.17) is 0 Å². The molecule has 0 radical (unpaired) electrons. The minimum Gasteiger partial charge on any atom is -0.258 e.